The molecule has 1 aromatic carbocycles. The van der Waals surface area contributed by atoms with E-state index in [-0.39, 0.29) is 5.56 Å². The molecule has 2 heterocycles. The number of ether oxygens (including phenoxy) is 1. The number of hydrogen-bond donors (Lipinski definition) is 1. The van der Waals surface area contributed by atoms with E-state index >= 15 is 0 Å². The largest absolute Gasteiger partial charge is 0.493 e. The Balaban J connectivity index is 1.91. The highest BCUT2D eigenvalue weighted by Crippen LogP contribution is 2.41. The molecule has 18 heavy (non-hydrogen) atoms. The van der Waals surface area contributed by atoms with Crippen molar-refractivity contribution >= 4 is 0 Å². The second kappa shape index (κ2) is 4.50. The first-order valence-electron chi connectivity index (χ1n) is 6.52. The zero-order valence-corrected chi connectivity index (χ0v) is 10.2. The maximum atomic E-state index is 14.4. The number of rotatable bonds is 2. The normalized spacial score (nSPS) is 23.6. The van der Waals surface area contributed by atoms with E-state index in [0.717, 1.165) is 24.2 Å². The van der Waals surface area contributed by atoms with Gasteiger partial charge in [0, 0.05) is 18.0 Å². The highest BCUT2D eigenvalue weighted by Gasteiger charge is 2.42. The summed E-state index contributed by atoms with van der Waals surface area (Å²) < 4.78 is 34.2. The van der Waals surface area contributed by atoms with Gasteiger partial charge in [0.1, 0.15) is 5.75 Å². The van der Waals surface area contributed by atoms with Crippen molar-refractivity contribution in [2.24, 2.45) is 5.92 Å². The Morgan fingerprint density at radius 1 is 1.33 bits per heavy atom. The van der Waals surface area contributed by atoms with Crippen LogP contribution in [-0.4, -0.2) is 19.7 Å². The number of halogens is 2. The summed E-state index contributed by atoms with van der Waals surface area (Å²) >= 11 is 0. The molecule has 1 fully saturated rings. The Labute approximate surface area is 105 Å². The van der Waals surface area contributed by atoms with E-state index in [4.69, 9.17) is 4.74 Å². The third-order valence-corrected chi connectivity index (χ3v) is 3.87. The third-order valence-electron chi connectivity index (χ3n) is 3.87. The standard InChI is InChI=1S/C14H17F2NO/c15-14(16,12-5-6-17-9-12)11-3-4-13-10(8-11)2-1-7-18-13/h3-4,8,12,17H,1-2,5-7,9H2. The molecule has 0 radical (unpaired) electrons. The Kier molecular flexibility index (Phi) is 2.98. The molecule has 4 heteroatoms. The summed E-state index contributed by atoms with van der Waals surface area (Å²) in [5, 5.41) is 3.01. The second-order valence-electron chi connectivity index (χ2n) is 5.09. The van der Waals surface area contributed by atoms with Gasteiger partial charge in [-0.25, -0.2) is 8.78 Å². The van der Waals surface area contributed by atoms with Gasteiger partial charge in [-0.3, -0.25) is 0 Å². The van der Waals surface area contributed by atoms with Crippen molar-refractivity contribution in [1.29, 1.82) is 0 Å². The molecule has 1 N–H and O–H groups in total. The molecule has 0 aliphatic carbocycles. The molecule has 1 saturated heterocycles. The van der Waals surface area contributed by atoms with Crippen molar-refractivity contribution in [2.75, 3.05) is 19.7 Å². The molecular formula is C14H17F2NO. The van der Waals surface area contributed by atoms with Gasteiger partial charge in [-0.05, 0) is 49.6 Å². The van der Waals surface area contributed by atoms with E-state index in [1.807, 2.05) is 0 Å². The zero-order chi connectivity index (χ0) is 12.6. The van der Waals surface area contributed by atoms with Gasteiger partial charge in [0.2, 0.25) is 0 Å². The minimum Gasteiger partial charge on any atom is -0.493 e. The van der Waals surface area contributed by atoms with Crippen molar-refractivity contribution in [3.05, 3.63) is 29.3 Å². The topological polar surface area (TPSA) is 21.3 Å². The molecule has 2 nitrogen and oxygen atoms in total. The molecule has 0 aromatic heterocycles. The Morgan fingerprint density at radius 2 is 2.22 bits per heavy atom. The second-order valence-corrected chi connectivity index (χ2v) is 5.09. The van der Waals surface area contributed by atoms with Gasteiger partial charge in [-0.15, -0.1) is 0 Å². The lowest BCUT2D eigenvalue weighted by Crippen LogP contribution is -2.28. The molecule has 1 unspecified atom stereocenters. The summed E-state index contributed by atoms with van der Waals surface area (Å²) in [6, 6.07) is 4.84. The smallest absolute Gasteiger partial charge is 0.277 e. The van der Waals surface area contributed by atoms with Gasteiger partial charge in [0.15, 0.2) is 0 Å². The minimum absolute atomic E-state index is 0.139. The van der Waals surface area contributed by atoms with E-state index < -0.39 is 11.8 Å². The van der Waals surface area contributed by atoms with Gasteiger partial charge in [-0.2, -0.15) is 0 Å². The van der Waals surface area contributed by atoms with E-state index in [9.17, 15) is 8.78 Å². The maximum absolute atomic E-state index is 14.4. The number of hydrogen-bond acceptors (Lipinski definition) is 2. The fourth-order valence-corrected chi connectivity index (χ4v) is 2.77. The average molecular weight is 253 g/mol. The van der Waals surface area contributed by atoms with Crippen LogP contribution in [0.5, 0.6) is 5.75 Å². The molecule has 0 spiro atoms. The summed E-state index contributed by atoms with van der Waals surface area (Å²) in [5.74, 6) is -2.55. The zero-order valence-electron chi connectivity index (χ0n) is 10.2. The lowest BCUT2D eigenvalue weighted by Gasteiger charge is -2.25. The lowest BCUT2D eigenvalue weighted by molar-refractivity contribution is -0.0576. The molecule has 2 aliphatic rings. The van der Waals surface area contributed by atoms with Crippen LogP contribution < -0.4 is 10.1 Å². The van der Waals surface area contributed by atoms with Gasteiger partial charge >= 0.3 is 0 Å². The SMILES string of the molecule is FC(F)(c1ccc2c(c1)CCCO2)C1CCNC1. The molecule has 98 valence electrons. The molecule has 2 aliphatic heterocycles. The van der Waals surface area contributed by atoms with Crippen LogP contribution >= 0.6 is 0 Å². The molecule has 3 rings (SSSR count). The number of benzene rings is 1. The van der Waals surface area contributed by atoms with Crippen LogP contribution in [0.3, 0.4) is 0 Å². The van der Waals surface area contributed by atoms with Crippen molar-refractivity contribution in [2.45, 2.75) is 25.2 Å². The lowest BCUT2D eigenvalue weighted by atomic mass is 9.91. The predicted molar refractivity (Wildman–Crippen MR) is 65.1 cm³/mol. The van der Waals surface area contributed by atoms with Crippen molar-refractivity contribution in [1.82, 2.24) is 5.32 Å². The molecule has 0 saturated carbocycles. The van der Waals surface area contributed by atoms with E-state index in [0.29, 0.717) is 26.1 Å². The van der Waals surface area contributed by atoms with Crippen LogP contribution in [-0.2, 0) is 12.3 Å². The van der Waals surface area contributed by atoms with Crippen molar-refractivity contribution in [3.63, 3.8) is 0 Å². The first-order valence-corrected chi connectivity index (χ1v) is 6.52. The predicted octanol–water partition coefficient (Wildman–Crippen LogP) is 2.71. The number of fused-ring (bicyclic) bond motifs is 1. The number of alkyl halides is 2. The molecule has 0 amide bonds. The first-order chi connectivity index (χ1) is 8.68. The monoisotopic (exact) mass is 253 g/mol. The minimum atomic E-state index is -2.74. The summed E-state index contributed by atoms with van der Waals surface area (Å²) in [6.07, 6.45) is 2.29. The average Bonchev–Trinajstić information content (AvgIpc) is 2.92. The van der Waals surface area contributed by atoms with E-state index in [1.54, 1.807) is 12.1 Å². The summed E-state index contributed by atoms with van der Waals surface area (Å²) in [4.78, 5) is 0. The first kappa shape index (κ1) is 11.9. The summed E-state index contributed by atoms with van der Waals surface area (Å²) in [6.45, 7) is 1.78. The van der Waals surface area contributed by atoms with E-state index in [1.165, 1.54) is 6.07 Å². The van der Waals surface area contributed by atoms with Crippen molar-refractivity contribution < 1.29 is 13.5 Å². The number of aryl methyl sites for hydroxylation is 1. The molecule has 0 bridgehead atoms. The molecular weight excluding hydrogens is 236 g/mol. The Hall–Kier alpha value is -1.16. The summed E-state index contributed by atoms with van der Waals surface area (Å²) in [7, 11) is 0. The van der Waals surface area contributed by atoms with Gasteiger partial charge in [-0.1, -0.05) is 0 Å². The Bertz CT molecular complexity index is 441. The van der Waals surface area contributed by atoms with Crippen LogP contribution in [0.15, 0.2) is 18.2 Å². The third kappa shape index (κ3) is 1.99. The Morgan fingerprint density at radius 3 is 3.00 bits per heavy atom. The highest BCUT2D eigenvalue weighted by atomic mass is 19.3. The fraction of sp³-hybridized carbons (Fsp3) is 0.571. The van der Waals surface area contributed by atoms with Crippen LogP contribution in [0.1, 0.15) is 24.0 Å². The van der Waals surface area contributed by atoms with Crippen molar-refractivity contribution in [3.8, 4) is 5.75 Å². The quantitative estimate of drug-likeness (QED) is 0.875. The van der Waals surface area contributed by atoms with Crippen LogP contribution in [0.4, 0.5) is 8.78 Å². The van der Waals surface area contributed by atoms with Crippen LogP contribution in [0.2, 0.25) is 0 Å². The van der Waals surface area contributed by atoms with Gasteiger partial charge in [0.05, 0.1) is 6.61 Å². The van der Waals surface area contributed by atoms with E-state index in [2.05, 4.69) is 5.32 Å². The fourth-order valence-electron chi connectivity index (χ4n) is 2.77. The number of nitrogens with one attached hydrogen (secondary N) is 1. The summed E-state index contributed by atoms with van der Waals surface area (Å²) in [5.41, 5.74) is 1.06. The molecule has 1 aromatic rings. The van der Waals surface area contributed by atoms with Gasteiger partial charge < -0.3 is 10.1 Å². The van der Waals surface area contributed by atoms with Gasteiger partial charge in [0.25, 0.3) is 5.92 Å². The molecule has 1 atom stereocenters. The van der Waals surface area contributed by atoms with Crippen LogP contribution in [0.25, 0.3) is 0 Å². The maximum Gasteiger partial charge on any atom is 0.277 e. The van der Waals surface area contributed by atoms with Crippen LogP contribution in [0, 0.1) is 5.92 Å². The highest BCUT2D eigenvalue weighted by molar-refractivity contribution is 5.40.